The Morgan fingerprint density at radius 1 is 1.36 bits per heavy atom. The normalized spacial score (nSPS) is 19.1. The van der Waals surface area contributed by atoms with E-state index in [9.17, 15) is 0 Å². The van der Waals surface area contributed by atoms with Crippen molar-refractivity contribution in [2.45, 2.75) is 19.4 Å². The summed E-state index contributed by atoms with van der Waals surface area (Å²) in [5.41, 5.74) is 2.46. The third kappa shape index (κ3) is 3.99. The number of nitrogens with one attached hydrogen (secondary N) is 1. The van der Waals surface area contributed by atoms with Gasteiger partial charge in [-0.25, -0.2) is 0 Å². The molecule has 0 bridgehead atoms. The number of benzene rings is 1. The van der Waals surface area contributed by atoms with Crippen molar-refractivity contribution in [3.63, 3.8) is 0 Å². The van der Waals surface area contributed by atoms with Crippen LogP contribution >= 0.6 is 28.3 Å². The molecule has 1 aliphatic heterocycles. The van der Waals surface area contributed by atoms with Gasteiger partial charge >= 0.3 is 0 Å². The number of likely N-dealkylation sites (tertiary alicyclic amines) is 1. The van der Waals surface area contributed by atoms with Gasteiger partial charge < -0.3 is 5.32 Å². The highest BCUT2D eigenvalue weighted by atomic mass is 79.9. The van der Waals surface area contributed by atoms with E-state index in [4.69, 9.17) is 0 Å². The number of pyridine rings is 1. The molecule has 2 heterocycles. The maximum atomic E-state index is 4.59. The van der Waals surface area contributed by atoms with Crippen molar-refractivity contribution in [3.8, 4) is 0 Å². The van der Waals surface area contributed by atoms with Gasteiger partial charge in [0.05, 0.1) is 5.52 Å². The summed E-state index contributed by atoms with van der Waals surface area (Å²) in [6, 6.07) is 8.49. The first-order chi connectivity index (χ1) is 10.3. The lowest BCUT2D eigenvalue weighted by Gasteiger charge is -2.32. The number of piperidine rings is 1. The Morgan fingerprint density at radius 3 is 3.05 bits per heavy atom. The number of nitrogens with zero attached hydrogens (tertiary/aromatic N) is 2. The van der Waals surface area contributed by atoms with E-state index in [0.29, 0.717) is 0 Å². The van der Waals surface area contributed by atoms with E-state index in [2.05, 4.69) is 49.3 Å². The summed E-state index contributed by atoms with van der Waals surface area (Å²) >= 11 is 3.62. The van der Waals surface area contributed by atoms with Crippen LogP contribution in [0.1, 0.15) is 18.4 Å². The Hall–Kier alpha value is -0.680. The van der Waals surface area contributed by atoms with Gasteiger partial charge in [-0.2, -0.15) is 0 Å². The van der Waals surface area contributed by atoms with E-state index in [1.807, 2.05) is 19.3 Å². The van der Waals surface area contributed by atoms with Crippen LogP contribution < -0.4 is 5.32 Å². The van der Waals surface area contributed by atoms with E-state index in [-0.39, 0.29) is 12.4 Å². The van der Waals surface area contributed by atoms with Gasteiger partial charge in [0.25, 0.3) is 0 Å². The topological polar surface area (TPSA) is 28.2 Å². The lowest BCUT2D eigenvalue weighted by atomic mass is 9.97. The molecule has 1 saturated heterocycles. The van der Waals surface area contributed by atoms with Gasteiger partial charge in [-0.05, 0) is 56.6 Å². The maximum Gasteiger partial charge on any atom is 0.0758 e. The molecule has 1 N–H and O–H groups in total. The molecule has 0 saturated carbocycles. The van der Waals surface area contributed by atoms with Crippen LogP contribution in [-0.2, 0) is 6.54 Å². The molecule has 0 radical (unpaired) electrons. The number of rotatable bonds is 4. The molecule has 3 rings (SSSR count). The standard InChI is InChI=1S/C17H22BrN3.ClH/c1-19-10-13-4-3-9-21(11-13)12-14-6-7-16(18)15-5-2-8-20-17(14)15;/h2,5-8,13,19H,3-4,9-12H2,1H3;1H. The predicted octanol–water partition coefficient (Wildman–Crippen LogP) is 3.85. The summed E-state index contributed by atoms with van der Waals surface area (Å²) in [5.74, 6) is 0.776. The van der Waals surface area contributed by atoms with Crippen molar-refractivity contribution in [2.75, 3.05) is 26.7 Å². The lowest BCUT2D eigenvalue weighted by Crippen LogP contribution is -2.38. The molecule has 1 atom stereocenters. The van der Waals surface area contributed by atoms with Crippen LogP contribution in [0.15, 0.2) is 34.9 Å². The van der Waals surface area contributed by atoms with E-state index >= 15 is 0 Å². The van der Waals surface area contributed by atoms with Gasteiger partial charge in [0.2, 0.25) is 0 Å². The SMILES string of the molecule is CNCC1CCCN(Cc2ccc(Br)c3cccnc23)C1.Cl. The zero-order valence-corrected chi connectivity index (χ0v) is 15.3. The smallest absolute Gasteiger partial charge is 0.0758 e. The molecule has 1 aromatic heterocycles. The first kappa shape index (κ1) is 17.7. The zero-order chi connectivity index (χ0) is 14.7. The minimum atomic E-state index is 0. The second-order valence-electron chi connectivity index (χ2n) is 5.91. The Balaban J connectivity index is 0.00000176. The van der Waals surface area contributed by atoms with E-state index in [1.165, 1.54) is 36.9 Å². The highest BCUT2D eigenvalue weighted by Crippen LogP contribution is 2.27. The number of halogens is 2. The predicted molar refractivity (Wildman–Crippen MR) is 98.6 cm³/mol. The first-order valence-corrected chi connectivity index (χ1v) is 8.46. The van der Waals surface area contributed by atoms with Gasteiger partial charge in [0, 0.05) is 29.1 Å². The molecule has 22 heavy (non-hydrogen) atoms. The Bertz CT molecular complexity index is 618. The average molecular weight is 385 g/mol. The van der Waals surface area contributed by atoms with Crippen LogP contribution in [0.2, 0.25) is 0 Å². The Labute approximate surface area is 147 Å². The fraction of sp³-hybridized carbons (Fsp3) is 0.471. The van der Waals surface area contributed by atoms with Crippen LogP contribution in [0.5, 0.6) is 0 Å². The van der Waals surface area contributed by atoms with Crippen molar-refractivity contribution < 1.29 is 0 Å². The van der Waals surface area contributed by atoms with Crippen LogP contribution in [0.4, 0.5) is 0 Å². The molecule has 0 aliphatic carbocycles. The molecule has 0 spiro atoms. The minimum Gasteiger partial charge on any atom is -0.319 e. The molecule has 120 valence electrons. The van der Waals surface area contributed by atoms with E-state index in [0.717, 1.165) is 29.0 Å². The van der Waals surface area contributed by atoms with Gasteiger partial charge in [-0.15, -0.1) is 12.4 Å². The van der Waals surface area contributed by atoms with E-state index in [1.54, 1.807) is 0 Å². The highest BCUT2D eigenvalue weighted by Gasteiger charge is 2.20. The number of hydrogen-bond donors (Lipinski definition) is 1. The van der Waals surface area contributed by atoms with Gasteiger partial charge in [-0.3, -0.25) is 9.88 Å². The highest BCUT2D eigenvalue weighted by molar-refractivity contribution is 9.10. The van der Waals surface area contributed by atoms with Crippen LogP contribution in [0.25, 0.3) is 10.9 Å². The molecular weight excluding hydrogens is 362 g/mol. The minimum absolute atomic E-state index is 0. The molecule has 1 aromatic carbocycles. The Kier molecular flexibility index (Phi) is 6.63. The molecule has 1 fully saturated rings. The van der Waals surface area contributed by atoms with Crippen molar-refractivity contribution >= 4 is 39.2 Å². The fourth-order valence-electron chi connectivity index (χ4n) is 3.32. The number of hydrogen-bond acceptors (Lipinski definition) is 3. The summed E-state index contributed by atoms with van der Waals surface area (Å²) in [5, 5.41) is 4.52. The average Bonchev–Trinajstić information content (AvgIpc) is 2.51. The van der Waals surface area contributed by atoms with Crippen LogP contribution in [0, 0.1) is 5.92 Å². The monoisotopic (exact) mass is 383 g/mol. The second-order valence-corrected chi connectivity index (χ2v) is 6.76. The fourth-order valence-corrected chi connectivity index (χ4v) is 3.77. The third-order valence-corrected chi connectivity index (χ3v) is 4.98. The number of fused-ring (bicyclic) bond motifs is 1. The molecular formula is C17H23BrClN3. The molecule has 2 aromatic rings. The van der Waals surface area contributed by atoms with Gasteiger partial charge in [-0.1, -0.05) is 28.1 Å². The van der Waals surface area contributed by atoms with Crippen molar-refractivity contribution in [2.24, 2.45) is 5.92 Å². The molecule has 0 amide bonds. The molecule has 1 unspecified atom stereocenters. The van der Waals surface area contributed by atoms with Crippen LogP contribution in [-0.4, -0.2) is 36.6 Å². The largest absolute Gasteiger partial charge is 0.319 e. The second kappa shape index (κ2) is 8.25. The maximum absolute atomic E-state index is 4.59. The summed E-state index contributed by atoms with van der Waals surface area (Å²) in [4.78, 5) is 7.17. The summed E-state index contributed by atoms with van der Waals surface area (Å²) < 4.78 is 1.13. The lowest BCUT2D eigenvalue weighted by molar-refractivity contribution is 0.167. The number of aromatic nitrogens is 1. The summed E-state index contributed by atoms with van der Waals surface area (Å²) in [6.07, 6.45) is 4.53. The van der Waals surface area contributed by atoms with E-state index < -0.39 is 0 Å². The third-order valence-electron chi connectivity index (χ3n) is 4.29. The Morgan fingerprint density at radius 2 is 2.23 bits per heavy atom. The molecule has 3 nitrogen and oxygen atoms in total. The van der Waals surface area contributed by atoms with Gasteiger partial charge in [0.15, 0.2) is 0 Å². The van der Waals surface area contributed by atoms with Crippen molar-refractivity contribution in [1.29, 1.82) is 0 Å². The van der Waals surface area contributed by atoms with Crippen molar-refractivity contribution in [3.05, 3.63) is 40.5 Å². The van der Waals surface area contributed by atoms with Gasteiger partial charge in [0.1, 0.15) is 0 Å². The molecule has 1 aliphatic rings. The quantitative estimate of drug-likeness (QED) is 0.868. The molecule has 5 heteroatoms. The summed E-state index contributed by atoms with van der Waals surface area (Å²) in [6.45, 7) is 4.51. The zero-order valence-electron chi connectivity index (χ0n) is 12.9. The van der Waals surface area contributed by atoms with Crippen molar-refractivity contribution in [1.82, 2.24) is 15.2 Å². The van der Waals surface area contributed by atoms with Crippen LogP contribution in [0.3, 0.4) is 0 Å². The summed E-state index contributed by atoms with van der Waals surface area (Å²) in [7, 11) is 2.05. The first-order valence-electron chi connectivity index (χ1n) is 7.67.